The first-order chi connectivity index (χ1) is 14.0. The fraction of sp³-hybridized carbons (Fsp3) is 0.333. The molecule has 0 aliphatic carbocycles. The van der Waals surface area contributed by atoms with Crippen LogP contribution in [0, 0.1) is 5.41 Å². The SMILES string of the molecule is CCn1c(N2CC(Cc3ccccc3)(C(N)=O)C2)nc2cc(C(=O)OC)cnc21. The maximum atomic E-state index is 12.3. The molecule has 0 bridgehead atoms. The van der Waals surface area contributed by atoms with Crippen LogP contribution in [-0.4, -0.2) is 46.6 Å². The summed E-state index contributed by atoms with van der Waals surface area (Å²) in [5.41, 5.74) is 7.90. The van der Waals surface area contributed by atoms with Crippen molar-refractivity contribution in [2.75, 3.05) is 25.1 Å². The number of esters is 1. The number of carbonyl (C=O) groups excluding carboxylic acids is 2. The molecule has 0 unspecified atom stereocenters. The monoisotopic (exact) mass is 393 g/mol. The van der Waals surface area contributed by atoms with Gasteiger partial charge in [-0.15, -0.1) is 0 Å². The first-order valence-electron chi connectivity index (χ1n) is 9.51. The number of pyridine rings is 1. The number of anilines is 1. The lowest BCUT2D eigenvalue weighted by Crippen LogP contribution is -2.64. The van der Waals surface area contributed by atoms with Crippen LogP contribution in [-0.2, 0) is 22.5 Å². The molecule has 2 N–H and O–H groups in total. The molecule has 1 aromatic carbocycles. The summed E-state index contributed by atoms with van der Waals surface area (Å²) in [5.74, 6) is -0.0311. The smallest absolute Gasteiger partial charge is 0.339 e. The van der Waals surface area contributed by atoms with E-state index in [0.29, 0.717) is 42.8 Å². The average molecular weight is 393 g/mol. The number of nitrogens with two attached hydrogens (primary N) is 1. The number of imidazole rings is 1. The molecule has 4 rings (SSSR count). The van der Waals surface area contributed by atoms with Crippen molar-refractivity contribution < 1.29 is 14.3 Å². The van der Waals surface area contributed by atoms with Crippen LogP contribution in [0.25, 0.3) is 11.2 Å². The maximum absolute atomic E-state index is 12.3. The summed E-state index contributed by atoms with van der Waals surface area (Å²) >= 11 is 0. The number of hydrogen-bond donors (Lipinski definition) is 1. The minimum absolute atomic E-state index is 0.303. The third-order valence-corrected chi connectivity index (χ3v) is 5.48. The Morgan fingerprint density at radius 1 is 1.24 bits per heavy atom. The van der Waals surface area contributed by atoms with Gasteiger partial charge in [-0.1, -0.05) is 30.3 Å². The minimum Gasteiger partial charge on any atom is -0.465 e. The van der Waals surface area contributed by atoms with Crippen LogP contribution in [0.3, 0.4) is 0 Å². The van der Waals surface area contributed by atoms with Gasteiger partial charge in [-0.3, -0.25) is 9.36 Å². The van der Waals surface area contributed by atoms with E-state index < -0.39 is 11.4 Å². The number of benzene rings is 1. The Balaban J connectivity index is 1.63. The molecular formula is C21H23N5O3. The molecule has 1 fully saturated rings. The first kappa shape index (κ1) is 18.9. The molecule has 2 aromatic heterocycles. The highest BCUT2D eigenvalue weighted by atomic mass is 16.5. The summed E-state index contributed by atoms with van der Waals surface area (Å²) in [5, 5.41) is 0. The predicted molar refractivity (Wildman–Crippen MR) is 109 cm³/mol. The van der Waals surface area contributed by atoms with Crippen LogP contribution in [0.5, 0.6) is 0 Å². The molecule has 29 heavy (non-hydrogen) atoms. The van der Waals surface area contributed by atoms with Crippen molar-refractivity contribution in [2.24, 2.45) is 11.1 Å². The first-order valence-corrected chi connectivity index (χ1v) is 9.51. The summed E-state index contributed by atoms with van der Waals surface area (Å²) in [6.07, 6.45) is 2.09. The van der Waals surface area contributed by atoms with Gasteiger partial charge in [0.1, 0.15) is 5.52 Å². The summed E-state index contributed by atoms with van der Waals surface area (Å²) in [6, 6.07) is 11.6. The van der Waals surface area contributed by atoms with Crippen LogP contribution in [0.1, 0.15) is 22.8 Å². The third-order valence-electron chi connectivity index (χ3n) is 5.48. The van der Waals surface area contributed by atoms with E-state index in [9.17, 15) is 9.59 Å². The zero-order valence-corrected chi connectivity index (χ0v) is 16.5. The highest BCUT2D eigenvalue weighted by molar-refractivity contribution is 5.92. The van der Waals surface area contributed by atoms with Gasteiger partial charge in [0, 0.05) is 25.8 Å². The molecule has 3 aromatic rings. The van der Waals surface area contributed by atoms with Crippen molar-refractivity contribution in [2.45, 2.75) is 19.9 Å². The Morgan fingerprint density at radius 3 is 2.59 bits per heavy atom. The second-order valence-corrected chi connectivity index (χ2v) is 7.38. The number of nitrogens with zero attached hydrogens (tertiary/aromatic N) is 4. The Morgan fingerprint density at radius 2 is 1.97 bits per heavy atom. The van der Waals surface area contributed by atoms with Crippen LogP contribution in [0.15, 0.2) is 42.6 Å². The lowest BCUT2D eigenvalue weighted by Gasteiger charge is -2.48. The van der Waals surface area contributed by atoms with Crippen molar-refractivity contribution in [3.05, 3.63) is 53.7 Å². The molecule has 0 atom stereocenters. The van der Waals surface area contributed by atoms with Gasteiger partial charge in [0.15, 0.2) is 5.65 Å². The summed E-state index contributed by atoms with van der Waals surface area (Å²) in [4.78, 5) is 35.2. The van der Waals surface area contributed by atoms with E-state index in [1.807, 2.05) is 46.7 Å². The Kier molecular flexibility index (Phi) is 4.70. The number of primary amides is 1. The highest BCUT2D eigenvalue weighted by Crippen LogP contribution is 2.38. The van der Waals surface area contributed by atoms with Gasteiger partial charge in [-0.2, -0.15) is 0 Å². The van der Waals surface area contributed by atoms with Gasteiger partial charge in [0.25, 0.3) is 0 Å². The molecular weight excluding hydrogens is 370 g/mol. The van der Waals surface area contributed by atoms with E-state index >= 15 is 0 Å². The van der Waals surface area contributed by atoms with Crippen LogP contribution in [0.2, 0.25) is 0 Å². The third kappa shape index (κ3) is 3.20. The lowest BCUT2D eigenvalue weighted by molar-refractivity contribution is -0.129. The van der Waals surface area contributed by atoms with Gasteiger partial charge in [-0.25, -0.2) is 14.8 Å². The second-order valence-electron chi connectivity index (χ2n) is 7.38. The van der Waals surface area contributed by atoms with Crippen molar-refractivity contribution in [1.29, 1.82) is 0 Å². The zero-order valence-electron chi connectivity index (χ0n) is 16.5. The molecule has 1 aliphatic rings. The van der Waals surface area contributed by atoms with E-state index in [1.165, 1.54) is 13.3 Å². The molecule has 3 heterocycles. The van der Waals surface area contributed by atoms with Gasteiger partial charge in [0.05, 0.1) is 18.1 Å². The normalized spacial score (nSPS) is 15.2. The van der Waals surface area contributed by atoms with Gasteiger partial charge >= 0.3 is 5.97 Å². The van der Waals surface area contributed by atoms with Crippen LogP contribution < -0.4 is 10.6 Å². The van der Waals surface area contributed by atoms with Crippen molar-refractivity contribution >= 4 is 29.0 Å². The highest BCUT2D eigenvalue weighted by Gasteiger charge is 2.49. The standard InChI is InChI=1S/C21H23N5O3/c1-3-26-17-16(9-15(11-23-17)18(27)29-2)24-20(26)25-12-21(13-25,19(22)28)10-14-7-5-4-6-8-14/h4-9,11H,3,10,12-13H2,1-2H3,(H2,22,28). The van der Waals surface area contributed by atoms with Crippen molar-refractivity contribution in [3.8, 4) is 0 Å². The number of amides is 1. The molecule has 150 valence electrons. The summed E-state index contributed by atoms with van der Waals surface area (Å²) in [7, 11) is 1.33. The molecule has 0 radical (unpaired) electrons. The molecule has 1 amide bonds. The quantitative estimate of drug-likeness (QED) is 0.640. The number of aryl methyl sites for hydroxylation is 1. The minimum atomic E-state index is -0.622. The average Bonchev–Trinajstić information content (AvgIpc) is 3.07. The maximum Gasteiger partial charge on any atom is 0.339 e. The summed E-state index contributed by atoms with van der Waals surface area (Å²) < 4.78 is 6.74. The Hall–Kier alpha value is -3.42. The fourth-order valence-corrected chi connectivity index (χ4v) is 3.93. The largest absolute Gasteiger partial charge is 0.465 e. The number of fused-ring (bicyclic) bond motifs is 1. The Bertz CT molecular complexity index is 1070. The predicted octanol–water partition coefficient (Wildman–Crippen LogP) is 1.77. The molecule has 8 nitrogen and oxygen atoms in total. The number of ether oxygens (including phenoxy) is 1. The van der Waals surface area contributed by atoms with Crippen LogP contribution in [0.4, 0.5) is 5.95 Å². The lowest BCUT2D eigenvalue weighted by atomic mass is 9.74. The van der Waals surface area contributed by atoms with Gasteiger partial charge in [0.2, 0.25) is 11.9 Å². The van der Waals surface area contributed by atoms with E-state index in [-0.39, 0.29) is 5.91 Å². The van der Waals surface area contributed by atoms with E-state index in [1.54, 1.807) is 6.07 Å². The van der Waals surface area contributed by atoms with Crippen molar-refractivity contribution in [3.63, 3.8) is 0 Å². The second kappa shape index (κ2) is 7.20. The topological polar surface area (TPSA) is 103 Å². The Labute approximate surface area is 168 Å². The summed E-state index contributed by atoms with van der Waals surface area (Å²) in [6.45, 7) is 3.65. The molecule has 8 heteroatoms. The number of aromatic nitrogens is 3. The van der Waals surface area contributed by atoms with E-state index in [0.717, 1.165) is 11.5 Å². The zero-order chi connectivity index (χ0) is 20.6. The van der Waals surface area contributed by atoms with E-state index in [2.05, 4.69) is 9.97 Å². The van der Waals surface area contributed by atoms with E-state index in [4.69, 9.17) is 10.5 Å². The number of methoxy groups -OCH3 is 1. The van der Waals surface area contributed by atoms with Crippen LogP contribution >= 0.6 is 0 Å². The molecule has 1 aliphatic heterocycles. The molecule has 1 saturated heterocycles. The number of rotatable bonds is 6. The van der Waals surface area contributed by atoms with Gasteiger partial charge < -0.3 is 15.4 Å². The number of hydrogen-bond acceptors (Lipinski definition) is 6. The number of carbonyl (C=O) groups is 2. The van der Waals surface area contributed by atoms with Gasteiger partial charge in [-0.05, 0) is 25.0 Å². The van der Waals surface area contributed by atoms with Crippen molar-refractivity contribution in [1.82, 2.24) is 14.5 Å². The molecule has 0 spiro atoms. The molecule has 0 saturated carbocycles. The fourth-order valence-electron chi connectivity index (χ4n) is 3.93.